The van der Waals surface area contributed by atoms with Gasteiger partial charge < -0.3 is 9.47 Å². The van der Waals surface area contributed by atoms with Gasteiger partial charge in [0.2, 0.25) is 6.79 Å². The molecule has 0 atom stereocenters. The van der Waals surface area contributed by atoms with E-state index in [1.54, 1.807) is 0 Å². The van der Waals surface area contributed by atoms with E-state index >= 15 is 0 Å². The van der Waals surface area contributed by atoms with Gasteiger partial charge in [0.05, 0.1) is 6.54 Å². The molecule has 0 N–H and O–H groups in total. The SMILES string of the molecule is Cc1ccc(C)c(C(=O)CN2CCN(Cc3ccc4c(c3)OCO4)CC2)c1. The van der Waals surface area contributed by atoms with Crippen LogP contribution in [0.5, 0.6) is 11.5 Å². The fraction of sp³-hybridized carbons (Fsp3) is 0.409. The Labute approximate surface area is 160 Å². The Morgan fingerprint density at radius 1 is 0.926 bits per heavy atom. The van der Waals surface area contributed by atoms with Gasteiger partial charge in [-0.1, -0.05) is 23.8 Å². The Hall–Kier alpha value is -2.37. The minimum Gasteiger partial charge on any atom is -0.454 e. The molecule has 142 valence electrons. The van der Waals surface area contributed by atoms with Crippen molar-refractivity contribution in [1.82, 2.24) is 9.80 Å². The summed E-state index contributed by atoms with van der Waals surface area (Å²) in [6, 6.07) is 12.2. The molecule has 2 aliphatic heterocycles. The van der Waals surface area contributed by atoms with Crippen LogP contribution in [0.4, 0.5) is 0 Å². The predicted octanol–water partition coefficient (Wildman–Crippen LogP) is 3.03. The first-order valence-electron chi connectivity index (χ1n) is 9.52. The second-order valence-electron chi connectivity index (χ2n) is 7.48. The monoisotopic (exact) mass is 366 g/mol. The number of fused-ring (bicyclic) bond motifs is 1. The molecule has 0 aliphatic carbocycles. The summed E-state index contributed by atoms with van der Waals surface area (Å²) in [6.07, 6.45) is 0. The molecule has 27 heavy (non-hydrogen) atoms. The zero-order chi connectivity index (χ0) is 18.8. The molecule has 5 nitrogen and oxygen atoms in total. The zero-order valence-corrected chi connectivity index (χ0v) is 16.0. The number of hydrogen-bond donors (Lipinski definition) is 0. The lowest BCUT2D eigenvalue weighted by Crippen LogP contribution is -2.47. The topological polar surface area (TPSA) is 42.0 Å². The number of benzene rings is 2. The highest BCUT2D eigenvalue weighted by Gasteiger charge is 2.21. The van der Waals surface area contributed by atoms with Crippen molar-refractivity contribution < 1.29 is 14.3 Å². The molecule has 0 spiro atoms. The van der Waals surface area contributed by atoms with Gasteiger partial charge in [0.25, 0.3) is 0 Å². The van der Waals surface area contributed by atoms with Crippen molar-refractivity contribution in [2.24, 2.45) is 0 Å². The van der Waals surface area contributed by atoms with Crippen LogP contribution >= 0.6 is 0 Å². The maximum Gasteiger partial charge on any atom is 0.231 e. The standard InChI is InChI=1S/C22H26N2O3/c1-16-3-4-17(2)19(11-16)20(25)14-24-9-7-23(8-10-24)13-18-5-6-21-22(12-18)27-15-26-21/h3-6,11-12H,7-10,13-15H2,1-2H3. The maximum absolute atomic E-state index is 12.7. The minimum absolute atomic E-state index is 0.223. The molecule has 0 saturated carbocycles. The molecule has 2 aromatic carbocycles. The number of hydrogen-bond acceptors (Lipinski definition) is 5. The van der Waals surface area contributed by atoms with Crippen LogP contribution in [-0.4, -0.2) is 55.1 Å². The van der Waals surface area contributed by atoms with Gasteiger partial charge in [0.1, 0.15) is 0 Å². The molecule has 0 bridgehead atoms. The van der Waals surface area contributed by atoms with Crippen LogP contribution in [0, 0.1) is 13.8 Å². The van der Waals surface area contributed by atoms with Crippen molar-refractivity contribution in [3.63, 3.8) is 0 Å². The van der Waals surface area contributed by atoms with Crippen LogP contribution in [-0.2, 0) is 6.54 Å². The molecule has 2 heterocycles. The number of aryl methyl sites for hydroxylation is 2. The average molecular weight is 366 g/mol. The fourth-order valence-electron chi connectivity index (χ4n) is 3.73. The van der Waals surface area contributed by atoms with Gasteiger partial charge in [-0.15, -0.1) is 0 Å². The lowest BCUT2D eigenvalue weighted by atomic mass is 10.0. The van der Waals surface area contributed by atoms with E-state index < -0.39 is 0 Å². The largest absolute Gasteiger partial charge is 0.454 e. The van der Waals surface area contributed by atoms with Gasteiger partial charge >= 0.3 is 0 Å². The van der Waals surface area contributed by atoms with E-state index in [1.807, 2.05) is 32.0 Å². The van der Waals surface area contributed by atoms with Gasteiger partial charge in [-0.05, 0) is 43.2 Å². The number of nitrogens with zero attached hydrogens (tertiary/aromatic N) is 2. The maximum atomic E-state index is 12.7. The van der Waals surface area contributed by atoms with E-state index in [2.05, 4.69) is 28.0 Å². The smallest absolute Gasteiger partial charge is 0.231 e. The minimum atomic E-state index is 0.223. The normalized spacial score (nSPS) is 17.3. The number of ketones is 1. The summed E-state index contributed by atoms with van der Waals surface area (Å²) in [5.74, 6) is 1.89. The number of Topliss-reactive ketones (excluding diaryl/α,β-unsaturated/α-hetero) is 1. The molecule has 0 radical (unpaired) electrons. The molecule has 2 aromatic rings. The molecule has 0 amide bonds. The summed E-state index contributed by atoms with van der Waals surface area (Å²) in [4.78, 5) is 17.4. The molecule has 0 aromatic heterocycles. The summed E-state index contributed by atoms with van der Waals surface area (Å²) < 4.78 is 10.8. The van der Waals surface area contributed by atoms with Crippen molar-refractivity contribution in [1.29, 1.82) is 0 Å². The van der Waals surface area contributed by atoms with Crippen LogP contribution < -0.4 is 9.47 Å². The van der Waals surface area contributed by atoms with Gasteiger partial charge in [-0.2, -0.15) is 0 Å². The first-order chi connectivity index (χ1) is 13.1. The summed E-state index contributed by atoms with van der Waals surface area (Å²) in [5.41, 5.74) is 4.29. The van der Waals surface area contributed by atoms with E-state index in [0.717, 1.165) is 60.9 Å². The lowest BCUT2D eigenvalue weighted by molar-refractivity contribution is 0.0843. The molecule has 4 rings (SSSR count). The lowest BCUT2D eigenvalue weighted by Gasteiger charge is -2.34. The summed E-state index contributed by atoms with van der Waals surface area (Å²) in [6.45, 7) is 9.52. The quantitative estimate of drug-likeness (QED) is 0.761. The number of carbonyl (C=O) groups is 1. The Bertz CT molecular complexity index is 841. The van der Waals surface area contributed by atoms with Gasteiger partial charge in [0, 0.05) is 38.3 Å². The molecule has 2 aliphatic rings. The van der Waals surface area contributed by atoms with Crippen LogP contribution in [0.1, 0.15) is 27.0 Å². The molecular formula is C22H26N2O3. The first kappa shape index (κ1) is 18.0. The molecule has 1 saturated heterocycles. The number of rotatable bonds is 5. The van der Waals surface area contributed by atoms with Crippen LogP contribution in [0.15, 0.2) is 36.4 Å². The van der Waals surface area contributed by atoms with Crippen molar-refractivity contribution in [3.8, 4) is 11.5 Å². The number of ether oxygens (including phenoxy) is 2. The van der Waals surface area contributed by atoms with Crippen LogP contribution in [0.2, 0.25) is 0 Å². The second-order valence-corrected chi connectivity index (χ2v) is 7.48. The zero-order valence-electron chi connectivity index (χ0n) is 16.0. The predicted molar refractivity (Wildman–Crippen MR) is 105 cm³/mol. The Kier molecular flexibility index (Phi) is 5.14. The molecule has 5 heteroatoms. The van der Waals surface area contributed by atoms with E-state index in [1.165, 1.54) is 5.56 Å². The molecule has 1 fully saturated rings. The van der Waals surface area contributed by atoms with E-state index in [-0.39, 0.29) is 5.78 Å². The second kappa shape index (κ2) is 7.71. The Morgan fingerprint density at radius 2 is 1.67 bits per heavy atom. The van der Waals surface area contributed by atoms with Crippen molar-refractivity contribution >= 4 is 5.78 Å². The van der Waals surface area contributed by atoms with Crippen molar-refractivity contribution in [2.75, 3.05) is 39.5 Å². The fourth-order valence-corrected chi connectivity index (χ4v) is 3.73. The summed E-state index contributed by atoms with van der Waals surface area (Å²) >= 11 is 0. The highest BCUT2D eigenvalue weighted by molar-refractivity contribution is 5.99. The Balaban J connectivity index is 1.30. The summed E-state index contributed by atoms with van der Waals surface area (Å²) in [7, 11) is 0. The first-order valence-corrected chi connectivity index (χ1v) is 9.52. The van der Waals surface area contributed by atoms with E-state index in [9.17, 15) is 4.79 Å². The molecular weight excluding hydrogens is 340 g/mol. The third-order valence-electron chi connectivity index (χ3n) is 5.37. The van der Waals surface area contributed by atoms with Crippen molar-refractivity contribution in [2.45, 2.75) is 20.4 Å². The summed E-state index contributed by atoms with van der Waals surface area (Å²) in [5, 5.41) is 0. The highest BCUT2D eigenvalue weighted by atomic mass is 16.7. The third kappa shape index (κ3) is 4.15. The van der Waals surface area contributed by atoms with Crippen molar-refractivity contribution in [3.05, 3.63) is 58.7 Å². The highest BCUT2D eigenvalue weighted by Crippen LogP contribution is 2.32. The number of piperazine rings is 1. The van der Waals surface area contributed by atoms with E-state index in [0.29, 0.717) is 13.3 Å². The molecule has 0 unspecified atom stereocenters. The Morgan fingerprint density at radius 3 is 2.48 bits per heavy atom. The average Bonchev–Trinajstić information content (AvgIpc) is 3.13. The third-order valence-corrected chi connectivity index (χ3v) is 5.37. The van der Waals surface area contributed by atoms with Gasteiger partial charge in [-0.25, -0.2) is 0 Å². The van der Waals surface area contributed by atoms with Gasteiger partial charge in [-0.3, -0.25) is 14.6 Å². The number of carbonyl (C=O) groups excluding carboxylic acids is 1. The van der Waals surface area contributed by atoms with Crippen LogP contribution in [0.25, 0.3) is 0 Å². The van der Waals surface area contributed by atoms with Gasteiger partial charge in [0.15, 0.2) is 17.3 Å². The van der Waals surface area contributed by atoms with E-state index in [4.69, 9.17) is 9.47 Å². The van der Waals surface area contributed by atoms with Crippen LogP contribution in [0.3, 0.4) is 0 Å².